The number of hydrogen-bond donors (Lipinski definition) is 1. The third-order valence-corrected chi connectivity index (χ3v) is 2.48. The number of hydrogen-bond acceptors (Lipinski definition) is 7. The van der Waals surface area contributed by atoms with Crippen molar-refractivity contribution in [2.45, 2.75) is 0 Å². The topological polar surface area (TPSA) is 99.4 Å². The largest absolute Gasteiger partial charge is 0.493 e. The van der Waals surface area contributed by atoms with Crippen LogP contribution in [0.1, 0.15) is 0 Å². The molecule has 8 nitrogen and oxygen atoms in total. The Morgan fingerprint density at radius 2 is 1.95 bits per heavy atom. The number of ether oxygens (including phenoxy) is 2. The molecule has 0 spiro atoms. The maximum atomic E-state index is 11.1. The maximum Gasteiger partial charge on any atom is 0.373 e. The summed E-state index contributed by atoms with van der Waals surface area (Å²) in [5.74, 6) is 0.707. The zero-order valence-corrected chi connectivity index (χ0v) is 10.9. The van der Waals surface area contributed by atoms with E-state index in [1.807, 2.05) is 0 Å². The lowest BCUT2D eigenvalue weighted by Crippen LogP contribution is -2.03. The molecule has 0 aliphatic carbocycles. The second kappa shape index (κ2) is 5.83. The van der Waals surface area contributed by atoms with E-state index in [1.54, 1.807) is 24.3 Å². The smallest absolute Gasteiger partial charge is 0.373 e. The minimum absolute atomic E-state index is 0.0786. The van der Waals surface area contributed by atoms with E-state index in [-0.39, 0.29) is 17.4 Å². The van der Waals surface area contributed by atoms with E-state index in [4.69, 9.17) is 9.47 Å². The Morgan fingerprint density at radius 3 is 2.55 bits per heavy atom. The molecular weight excluding hydrogens is 264 g/mol. The van der Waals surface area contributed by atoms with Crippen LogP contribution < -0.4 is 14.8 Å². The van der Waals surface area contributed by atoms with Crippen molar-refractivity contribution < 1.29 is 14.4 Å². The molecule has 0 radical (unpaired) electrons. The van der Waals surface area contributed by atoms with Crippen LogP contribution in [0.4, 0.5) is 11.5 Å². The first kappa shape index (κ1) is 13.5. The molecule has 0 saturated heterocycles. The summed E-state index contributed by atoms with van der Waals surface area (Å²) in [4.78, 5) is 18.1. The predicted octanol–water partition coefficient (Wildman–Crippen LogP) is 2.23. The van der Waals surface area contributed by atoms with Crippen LogP contribution in [0, 0.1) is 10.1 Å². The average molecular weight is 276 g/mol. The Morgan fingerprint density at radius 1 is 1.25 bits per heavy atom. The van der Waals surface area contributed by atoms with Gasteiger partial charge < -0.3 is 14.8 Å². The van der Waals surface area contributed by atoms with E-state index in [1.165, 1.54) is 20.5 Å². The van der Waals surface area contributed by atoms with E-state index in [2.05, 4.69) is 15.3 Å². The van der Waals surface area contributed by atoms with Gasteiger partial charge in [0.25, 0.3) is 0 Å². The van der Waals surface area contributed by atoms with Crippen LogP contribution in [0.5, 0.6) is 17.4 Å². The molecule has 0 saturated carbocycles. The third kappa shape index (κ3) is 2.58. The molecule has 104 valence electrons. The van der Waals surface area contributed by atoms with Crippen molar-refractivity contribution in [3.8, 4) is 17.4 Å². The summed E-state index contributed by atoms with van der Waals surface area (Å²) in [6.07, 6.45) is 1.18. The van der Waals surface area contributed by atoms with Gasteiger partial charge in [-0.15, -0.1) is 0 Å². The van der Waals surface area contributed by atoms with Crippen LogP contribution in [0.2, 0.25) is 0 Å². The highest BCUT2D eigenvalue weighted by Gasteiger charge is 2.24. The SMILES string of the molecule is CNc1ncnc(Oc2ccccc2OC)c1[N+](=O)[O-]. The molecule has 20 heavy (non-hydrogen) atoms. The molecule has 0 fully saturated rings. The van der Waals surface area contributed by atoms with Gasteiger partial charge in [0.15, 0.2) is 11.5 Å². The van der Waals surface area contributed by atoms with Gasteiger partial charge in [-0.1, -0.05) is 12.1 Å². The van der Waals surface area contributed by atoms with Gasteiger partial charge in [-0.05, 0) is 12.1 Å². The van der Waals surface area contributed by atoms with E-state index in [0.717, 1.165) is 0 Å². The van der Waals surface area contributed by atoms with Gasteiger partial charge in [0.1, 0.15) is 6.33 Å². The molecule has 2 rings (SSSR count). The second-order valence-electron chi connectivity index (χ2n) is 3.64. The fourth-order valence-corrected chi connectivity index (χ4v) is 1.59. The molecule has 0 atom stereocenters. The Kier molecular flexibility index (Phi) is 3.94. The minimum atomic E-state index is -0.601. The summed E-state index contributed by atoms with van der Waals surface area (Å²) in [5.41, 5.74) is -0.332. The van der Waals surface area contributed by atoms with Crippen LogP contribution in [-0.2, 0) is 0 Å². The van der Waals surface area contributed by atoms with Crippen molar-refractivity contribution >= 4 is 11.5 Å². The molecule has 0 amide bonds. The summed E-state index contributed by atoms with van der Waals surface area (Å²) >= 11 is 0. The van der Waals surface area contributed by atoms with E-state index in [0.29, 0.717) is 11.5 Å². The molecule has 0 unspecified atom stereocenters. The Balaban J connectivity index is 2.46. The molecule has 1 aromatic heterocycles. The number of anilines is 1. The number of nitro groups is 1. The lowest BCUT2D eigenvalue weighted by molar-refractivity contribution is -0.385. The first-order valence-corrected chi connectivity index (χ1v) is 5.65. The summed E-state index contributed by atoms with van der Waals surface area (Å²) in [6, 6.07) is 6.80. The lowest BCUT2D eigenvalue weighted by Gasteiger charge is -2.10. The number of benzene rings is 1. The Labute approximate surface area is 114 Å². The molecule has 0 aliphatic rings. The van der Waals surface area contributed by atoms with Gasteiger partial charge in [0, 0.05) is 7.05 Å². The Hall–Kier alpha value is -2.90. The number of nitrogens with zero attached hydrogens (tertiary/aromatic N) is 3. The molecule has 0 aliphatic heterocycles. The number of methoxy groups -OCH3 is 1. The van der Waals surface area contributed by atoms with Crippen LogP contribution >= 0.6 is 0 Å². The normalized spacial score (nSPS) is 9.90. The fourth-order valence-electron chi connectivity index (χ4n) is 1.59. The second-order valence-corrected chi connectivity index (χ2v) is 3.64. The van der Waals surface area contributed by atoms with Crippen LogP contribution in [0.15, 0.2) is 30.6 Å². The monoisotopic (exact) mass is 276 g/mol. The summed E-state index contributed by atoms with van der Waals surface area (Å²) in [5, 5.41) is 13.7. The Bertz CT molecular complexity index is 633. The zero-order valence-electron chi connectivity index (χ0n) is 10.9. The van der Waals surface area contributed by atoms with Crippen molar-refractivity contribution in [2.24, 2.45) is 0 Å². The number of nitrogens with one attached hydrogen (secondary N) is 1. The van der Waals surface area contributed by atoms with E-state index < -0.39 is 4.92 Å². The summed E-state index contributed by atoms with van der Waals surface area (Å²) < 4.78 is 10.6. The standard InChI is InChI=1S/C12H12N4O4/c1-13-11-10(16(17)18)12(15-7-14-11)20-9-6-4-3-5-8(9)19-2/h3-7H,1-2H3,(H,13,14,15). The molecule has 1 aromatic carbocycles. The van der Waals surface area contributed by atoms with Gasteiger partial charge in [-0.25, -0.2) is 4.98 Å². The highest BCUT2D eigenvalue weighted by atomic mass is 16.6. The minimum Gasteiger partial charge on any atom is -0.493 e. The predicted molar refractivity (Wildman–Crippen MR) is 71.3 cm³/mol. The highest BCUT2D eigenvalue weighted by molar-refractivity contribution is 5.61. The van der Waals surface area contributed by atoms with Crippen molar-refractivity contribution in [3.05, 3.63) is 40.7 Å². The molecule has 1 heterocycles. The number of rotatable bonds is 5. The van der Waals surface area contributed by atoms with Crippen molar-refractivity contribution in [3.63, 3.8) is 0 Å². The average Bonchev–Trinajstić information content (AvgIpc) is 2.47. The fraction of sp³-hybridized carbons (Fsp3) is 0.167. The molecule has 8 heteroatoms. The van der Waals surface area contributed by atoms with Gasteiger partial charge in [0.2, 0.25) is 5.82 Å². The summed E-state index contributed by atoms with van der Waals surface area (Å²) in [7, 11) is 3.01. The molecule has 2 aromatic rings. The molecule has 0 bridgehead atoms. The highest BCUT2D eigenvalue weighted by Crippen LogP contribution is 2.36. The van der Waals surface area contributed by atoms with E-state index >= 15 is 0 Å². The number of para-hydroxylation sites is 2. The first-order chi connectivity index (χ1) is 9.67. The van der Waals surface area contributed by atoms with E-state index in [9.17, 15) is 10.1 Å². The van der Waals surface area contributed by atoms with Crippen LogP contribution in [0.3, 0.4) is 0 Å². The zero-order chi connectivity index (χ0) is 14.5. The third-order valence-electron chi connectivity index (χ3n) is 2.48. The van der Waals surface area contributed by atoms with Gasteiger partial charge >= 0.3 is 11.6 Å². The molecular formula is C12H12N4O4. The number of aromatic nitrogens is 2. The summed E-state index contributed by atoms with van der Waals surface area (Å²) in [6.45, 7) is 0. The van der Waals surface area contributed by atoms with Crippen LogP contribution in [-0.4, -0.2) is 29.0 Å². The quantitative estimate of drug-likeness (QED) is 0.660. The lowest BCUT2D eigenvalue weighted by atomic mass is 10.3. The first-order valence-electron chi connectivity index (χ1n) is 5.65. The maximum absolute atomic E-state index is 11.1. The van der Waals surface area contributed by atoms with Gasteiger partial charge in [-0.3, -0.25) is 10.1 Å². The molecule has 1 N–H and O–H groups in total. The van der Waals surface area contributed by atoms with Crippen LogP contribution in [0.25, 0.3) is 0 Å². The van der Waals surface area contributed by atoms with Crippen molar-refractivity contribution in [1.29, 1.82) is 0 Å². The van der Waals surface area contributed by atoms with Crippen molar-refractivity contribution in [1.82, 2.24) is 9.97 Å². The van der Waals surface area contributed by atoms with Gasteiger partial charge in [-0.2, -0.15) is 4.98 Å². The van der Waals surface area contributed by atoms with Crippen molar-refractivity contribution in [2.75, 3.05) is 19.5 Å². The van der Waals surface area contributed by atoms with Gasteiger partial charge in [0.05, 0.1) is 12.0 Å².